The molecular formula is C15H17N3O. The number of benzene rings is 1. The van der Waals surface area contributed by atoms with Gasteiger partial charge in [-0.15, -0.1) is 0 Å². The normalized spacial score (nSPS) is 13.4. The van der Waals surface area contributed by atoms with Gasteiger partial charge in [0.25, 0.3) is 5.91 Å². The minimum atomic E-state index is -0.153. The average molecular weight is 255 g/mol. The molecule has 0 radical (unpaired) electrons. The summed E-state index contributed by atoms with van der Waals surface area (Å²) in [6.45, 7) is 3.71. The second kappa shape index (κ2) is 4.53. The summed E-state index contributed by atoms with van der Waals surface area (Å²) in [5, 5.41) is 2.92. The van der Waals surface area contributed by atoms with Gasteiger partial charge in [0.05, 0.1) is 0 Å². The number of imidazole rings is 1. The Labute approximate surface area is 112 Å². The largest absolute Gasteiger partial charge is 0.346 e. The number of hydrogen-bond acceptors (Lipinski definition) is 2. The molecule has 0 fully saturated rings. The molecule has 1 amide bonds. The lowest BCUT2D eigenvalue weighted by Gasteiger charge is -2.06. The molecule has 0 atom stereocenters. The summed E-state index contributed by atoms with van der Waals surface area (Å²) in [7, 11) is 0. The standard InChI is InChI=1S/C15H17N3O/c1-9-14(17-10(2)16-9)15(19)18-13-7-6-11-4-3-5-12(11)8-13/h6-8H,3-5H2,1-2H3,(H,16,17)(H,18,19). The monoisotopic (exact) mass is 255 g/mol. The van der Waals surface area contributed by atoms with Gasteiger partial charge in [-0.3, -0.25) is 4.79 Å². The van der Waals surface area contributed by atoms with Crippen LogP contribution in [0.25, 0.3) is 0 Å². The van der Waals surface area contributed by atoms with Crippen molar-refractivity contribution in [3.8, 4) is 0 Å². The van der Waals surface area contributed by atoms with Crippen molar-refractivity contribution >= 4 is 11.6 Å². The number of amides is 1. The number of aromatic nitrogens is 2. The molecule has 2 N–H and O–H groups in total. The molecule has 2 aromatic rings. The van der Waals surface area contributed by atoms with Gasteiger partial charge in [-0.2, -0.15) is 0 Å². The Balaban J connectivity index is 1.81. The number of aromatic amines is 1. The van der Waals surface area contributed by atoms with E-state index in [9.17, 15) is 4.79 Å². The van der Waals surface area contributed by atoms with E-state index in [1.165, 1.54) is 17.5 Å². The second-order valence-corrected chi connectivity index (χ2v) is 5.09. The van der Waals surface area contributed by atoms with Gasteiger partial charge in [-0.1, -0.05) is 6.07 Å². The summed E-state index contributed by atoms with van der Waals surface area (Å²) in [4.78, 5) is 19.4. The second-order valence-electron chi connectivity index (χ2n) is 5.09. The number of carbonyl (C=O) groups is 1. The molecule has 4 heteroatoms. The quantitative estimate of drug-likeness (QED) is 0.867. The summed E-state index contributed by atoms with van der Waals surface area (Å²) in [5.41, 5.74) is 4.89. The fraction of sp³-hybridized carbons (Fsp3) is 0.333. The van der Waals surface area contributed by atoms with Gasteiger partial charge in [0.2, 0.25) is 0 Å². The van der Waals surface area contributed by atoms with Gasteiger partial charge in [-0.05, 0) is 56.4 Å². The van der Waals surface area contributed by atoms with Gasteiger partial charge in [0.1, 0.15) is 11.5 Å². The number of fused-ring (bicyclic) bond motifs is 1. The highest BCUT2D eigenvalue weighted by Crippen LogP contribution is 2.25. The average Bonchev–Trinajstić information content (AvgIpc) is 2.94. The molecule has 1 aliphatic rings. The van der Waals surface area contributed by atoms with Gasteiger partial charge < -0.3 is 10.3 Å². The molecule has 3 rings (SSSR count). The minimum Gasteiger partial charge on any atom is -0.346 e. The first-order valence-electron chi connectivity index (χ1n) is 6.60. The number of rotatable bonds is 2. The molecule has 0 saturated carbocycles. The molecular weight excluding hydrogens is 238 g/mol. The molecule has 98 valence electrons. The maximum atomic E-state index is 12.2. The third-order valence-corrected chi connectivity index (χ3v) is 3.57. The zero-order valence-electron chi connectivity index (χ0n) is 11.2. The number of H-pyrrole nitrogens is 1. The van der Waals surface area contributed by atoms with Crippen LogP contribution < -0.4 is 5.32 Å². The summed E-state index contributed by atoms with van der Waals surface area (Å²) in [6.07, 6.45) is 3.48. The van der Waals surface area contributed by atoms with Crippen LogP contribution in [0.5, 0.6) is 0 Å². The zero-order chi connectivity index (χ0) is 13.4. The third kappa shape index (κ3) is 2.26. The molecule has 0 aliphatic heterocycles. The lowest BCUT2D eigenvalue weighted by molar-refractivity contribution is 0.102. The van der Waals surface area contributed by atoms with Crippen LogP contribution in [0, 0.1) is 13.8 Å². The van der Waals surface area contributed by atoms with Crippen molar-refractivity contribution in [3.63, 3.8) is 0 Å². The van der Waals surface area contributed by atoms with E-state index in [-0.39, 0.29) is 5.91 Å². The van der Waals surface area contributed by atoms with Crippen molar-refractivity contribution in [1.82, 2.24) is 9.97 Å². The SMILES string of the molecule is Cc1nc(C(=O)Nc2ccc3c(c2)CCC3)c(C)[nH]1. The fourth-order valence-corrected chi connectivity index (χ4v) is 2.67. The lowest BCUT2D eigenvalue weighted by atomic mass is 10.1. The first-order chi connectivity index (χ1) is 9.13. The smallest absolute Gasteiger partial charge is 0.276 e. The molecule has 1 heterocycles. The van der Waals surface area contributed by atoms with E-state index in [4.69, 9.17) is 0 Å². The zero-order valence-corrected chi connectivity index (χ0v) is 11.2. The minimum absolute atomic E-state index is 0.153. The Morgan fingerprint density at radius 3 is 2.79 bits per heavy atom. The van der Waals surface area contributed by atoms with Crippen molar-refractivity contribution in [3.05, 3.63) is 46.5 Å². The summed E-state index contributed by atoms with van der Waals surface area (Å²) in [6, 6.07) is 6.16. The van der Waals surface area contributed by atoms with Crippen molar-refractivity contribution < 1.29 is 4.79 Å². The number of nitrogens with one attached hydrogen (secondary N) is 2. The van der Waals surface area contributed by atoms with Crippen molar-refractivity contribution in [2.24, 2.45) is 0 Å². The van der Waals surface area contributed by atoms with Crippen LogP contribution in [0.4, 0.5) is 5.69 Å². The lowest BCUT2D eigenvalue weighted by Crippen LogP contribution is -2.13. The van der Waals surface area contributed by atoms with E-state index in [0.29, 0.717) is 5.69 Å². The van der Waals surface area contributed by atoms with E-state index in [1.54, 1.807) is 0 Å². The Hall–Kier alpha value is -2.10. The van der Waals surface area contributed by atoms with E-state index >= 15 is 0 Å². The van der Waals surface area contributed by atoms with E-state index in [1.807, 2.05) is 19.9 Å². The van der Waals surface area contributed by atoms with Crippen molar-refractivity contribution in [2.45, 2.75) is 33.1 Å². The van der Waals surface area contributed by atoms with Gasteiger partial charge in [-0.25, -0.2) is 4.98 Å². The van der Waals surface area contributed by atoms with Crippen molar-refractivity contribution in [1.29, 1.82) is 0 Å². The Morgan fingerprint density at radius 2 is 2.05 bits per heavy atom. The molecule has 1 aromatic heterocycles. The molecule has 19 heavy (non-hydrogen) atoms. The summed E-state index contributed by atoms with van der Waals surface area (Å²) in [5.74, 6) is 0.608. The van der Waals surface area contributed by atoms with Crippen molar-refractivity contribution in [2.75, 3.05) is 5.32 Å². The number of hydrogen-bond donors (Lipinski definition) is 2. The summed E-state index contributed by atoms with van der Waals surface area (Å²) < 4.78 is 0. The highest BCUT2D eigenvalue weighted by Gasteiger charge is 2.15. The van der Waals surface area contributed by atoms with Crippen LogP contribution in [-0.4, -0.2) is 15.9 Å². The maximum absolute atomic E-state index is 12.2. The van der Waals surface area contributed by atoms with E-state index < -0.39 is 0 Å². The maximum Gasteiger partial charge on any atom is 0.276 e. The van der Waals surface area contributed by atoms with Gasteiger partial charge in [0, 0.05) is 11.4 Å². The predicted molar refractivity (Wildman–Crippen MR) is 74.5 cm³/mol. The molecule has 1 aliphatic carbocycles. The van der Waals surface area contributed by atoms with E-state index in [2.05, 4.69) is 27.4 Å². The number of aryl methyl sites for hydroxylation is 4. The molecule has 4 nitrogen and oxygen atoms in total. The Bertz CT molecular complexity index is 643. The predicted octanol–water partition coefficient (Wildman–Crippen LogP) is 2.77. The topological polar surface area (TPSA) is 57.8 Å². The van der Waals surface area contributed by atoms with Crippen LogP contribution in [0.1, 0.15) is 39.6 Å². The van der Waals surface area contributed by atoms with Crippen LogP contribution in [-0.2, 0) is 12.8 Å². The Kier molecular flexibility index (Phi) is 2.85. The van der Waals surface area contributed by atoms with E-state index in [0.717, 1.165) is 30.0 Å². The molecule has 0 unspecified atom stereocenters. The molecule has 0 bridgehead atoms. The third-order valence-electron chi connectivity index (χ3n) is 3.57. The highest BCUT2D eigenvalue weighted by molar-refractivity contribution is 6.03. The Morgan fingerprint density at radius 1 is 1.26 bits per heavy atom. The molecule has 0 spiro atoms. The van der Waals surface area contributed by atoms with Crippen LogP contribution >= 0.6 is 0 Å². The van der Waals surface area contributed by atoms with Gasteiger partial charge in [0.15, 0.2) is 0 Å². The van der Waals surface area contributed by atoms with Crippen LogP contribution in [0.3, 0.4) is 0 Å². The summed E-state index contributed by atoms with van der Waals surface area (Å²) >= 11 is 0. The number of anilines is 1. The number of nitrogens with zero attached hydrogens (tertiary/aromatic N) is 1. The number of carbonyl (C=O) groups excluding carboxylic acids is 1. The van der Waals surface area contributed by atoms with Gasteiger partial charge >= 0.3 is 0 Å². The van der Waals surface area contributed by atoms with Crippen LogP contribution in [0.15, 0.2) is 18.2 Å². The van der Waals surface area contributed by atoms with Crippen LogP contribution in [0.2, 0.25) is 0 Å². The highest BCUT2D eigenvalue weighted by atomic mass is 16.1. The first-order valence-corrected chi connectivity index (χ1v) is 6.60. The molecule has 0 saturated heterocycles. The first kappa shape index (κ1) is 12.0. The fourth-order valence-electron chi connectivity index (χ4n) is 2.67. The molecule has 1 aromatic carbocycles.